The molecule has 2 aliphatic heterocycles. The smallest absolute Gasteiger partial charge is 0.236 e. The molecule has 7 heteroatoms. The zero-order valence-electron chi connectivity index (χ0n) is 20.2. The van der Waals surface area contributed by atoms with Crippen LogP contribution in [0.5, 0.6) is 5.75 Å². The van der Waals surface area contributed by atoms with Crippen molar-refractivity contribution < 1.29 is 19.4 Å². The first-order chi connectivity index (χ1) is 16.8. The van der Waals surface area contributed by atoms with Crippen LogP contribution in [0.4, 0.5) is 0 Å². The quantitative estimate of drug-likeness (QED) is 0.544. The van der Waals surface area contributed by atoms with E-state index in [4.69, 9.17) is 19.4 Å². The molecule has 3 aromatic rings. The van der Waals surface area contributed by atoms with Crippen LogP contribution in [0.15, 0.2) is 36.4 Å². The molecule has 0 spiro atoms. The normalized spacial score (nSPS) is 25.1. The second-order valence-corrected chi connectivity index (χ2v) is 10.3. The second-order valence-electron chi connectivity index (χ2n) is 10.3. The fourth-order valence-corrected chi connectivity index (χ4v) is 5.15. The van der Waals surface area contributed by atoms with E-state index in [1.54, 1.807) is 0 Å². The first-order valence-corrected chi connectivity index (χ1v) is 12.1. The number of aromatic nitrogens is 2. The molecule has 1 saturated heterocycles. The van der Waals surface area contributed by atoms with Crippen LogP contribution in [-0.2, 0) is 16.0 Å². The van der Waals surface area contributed by atoms with E-state index < -0.39 is 17.1 Å². The zero-order valence-corrected chi connectivity index (χ0v) is 20.2. The van der Waals surface area contributed by atoms with E-state index in [2.05, 4.69) is 0 Å². The number of carbonyl (C=O) groups excluding carboxylic acids is 1. The number of nitrogens with zero attached hydrogens (tertiary/aromatic N) is 3. The van der Waals surface area contributed by atoms with Crippen LogP contribution in [0, 0.1) is 5.41 Å². The first kappa shape index (κ1) is 22.2. The highest BCUT2D eigenvalue weighted by molar-refractivity contribution is 6.09. The summed E-state index contributed by atoms with van der Waals surface area (Å²) >= 11 is 0. The van der Waals surface area contributed by atoms with Gasteiger partial charge in [-0.25, -0.2) is 9.97 Å². The van der Waals surface area contributed by atoms with Crippen molar-refractivity contribution >= 4 is 39.9 Å². The highest BCUT2D eigenvalue weighted by Crippen LogP contribution is 2.43. The summed E-state index contributed by atoms with van der Waals surface area (Å²) in [7, 11) is 0. The summed E-state index contributed by atoms with van der Waals surface area (Å²) in [6, 6.07) is 8.03. The number of aliphatic hydroxyl groups excluding tert-OH is 1. The number of ether oxygens (including phenoxy) is 2. The van der Waals surface area contributed by atoms with Crippen molar-refractivity contribution in [3.05, 3.63) is 53.4 Å². The molecule has 2 unspecified atom stereocenters. The van der Waals surface area contributed by atoms with Crippen molar-refractivity contribution in [3.63, 3.8) is 0 Å². The summed E-state index contributed by atoms with van der Waals surface area (Å²) in [5.74, 6) is 0.811. The van der Waals surface area contributed by atoms with Gasteiger partial charge in [0.15, 0.2) is 0 Å². The number of amides is 1. The minimum atomic E-state index is -0.795. The summed E-state index contributed by atoms with van der Waals surface area (Å²) in [5.41, 5.74) is 2.29. The summed E-state index contributed by atoms with van der Waals surface area (Å²) in [4.78, 5) is 25.3. The third kappa shape index (κ3) is 3.53. The fourth-order valence-electron chi connectivity index (χ4n) is 5.15. The van der Waals surface area contributed by atoms with Crippen molar-refractivity contribution in [2.24, 2.45) is 5.41 Å². The summed E-state index contributed by atoms with van der Waals surface area (Å²) < 4.78 is 11.8. The molecule has 180 valence electrons. The van der Waals surface area contributed by atoms with Crippen LogP contribution in [-0.4, -0.2) is 63.9 Å². The molecule has 0 saturated carbocycles. The van der Waals surface area contributed by atoms with Crippen LogP contribution < -0.4 is 4.74 Å². The number of rotatable bonds is 1. The molecule has 35 heavy (non-hydrogen) atoms. The number of carbonyl (C=O) groups is 1. The van der Waals surface area contributed by atoms with Gasteiger partial charge < -0.3 is 19.5 Å². The van der Waals surface area contributed by atoms with E-state index in [1.807, 2.05) is 74.2 Å². The Bertz CT molecular complexity index is 1420. The van der Waals surface area contributed by atoms with Gasteiger partial charge in [0, 0.05) is 35.8 Å². The molecular formula is C28H29N3O4. The number of fused-ring (bicyclic) bond motifs is 7. The Labute approximate surface area is 204 Å². The van der Waals surface area contributed by atoms with Crippen molar-refractivity contribution in [2.75, 3.05) is 26.3 Å². The Morgan fingerprint density at radius 1 is 1.00 bits per heavy atom. The van der Waals surface area contributed by atoms with Crippen molar-refractivity contribution in [2.45, 2.75) is 38.9 Å². The zero-order chi connectivity index (χ0) is 24.4. The van der Waals surface area contributed by atoms with Crippen molar-refractivity contribution in [1.29, 1.82) is 0 Å². The standard InChI is InChI=1S/C28H29N3O4/c1-27(2)22(32)16-19-24-23(17-6-4-5-7-18(17)25(19)35-27)29-20-8-10-28(3,11-9-21(20)30-24)26(33)31-12-14-34-15-13-31/h4-11,22,32H,12-16H2,1-3H3. The van der Waals surface area contributed by atoms with E-state index in [9.17, 15) is 9.90 Å². The van der Waals surface area contributed by atoms with Gasteiger partial charge in [-0.1, -0.05) is 36.4 Å². The van der Waals surface area contributed by atoms with Crippen LogP contribution in [0.1, 0.15) is 37.7 Å². The maximum Gasteiger partial charge on any atom is 0.236 e. The molecule has 3 heterocycles. The van der Waals surface area contributed by atoms with Gasteiger partial charge in [0.2, 0.25) is 5.91 Å². The molecule has 1 aliphatic carbocycles. The lowest BCUT2D eigenvalue weighted by Gasteiger charge is -2.38. The molecule has 3 aliphatic rings. The number of hydrogen-bond acceptors (Lipinski definition) is 6. The lowest BCUT2D eigenvalue weighted by molar-refractivity contribution is -0.140. The highest BCUT2D eigenvalue weighted by Gasteiger charge is 2.38. The van der Waals surface area contributed by atoms with Gasteiger partial charge in [-0.3, -0.25) is 4.79 Å². The minimum Gasteiger partial charge on any atom is -0.484 e. The molecule has 0 radical (unpaired) electrons. The molecule has 1 N–H and O–H groups in total. The largest absolute Gasteiger partial charge is 0.484 e. The highest BCUT2D eigenvalue weighted by atomic mass is 16.5. The maximum absolute atomic E-state index is 13.4. The predicted octanol–water partition coefficient (Wildman–Crippen LogP) is 3.76. The van der Waals surface area contributed by atoms with E-state index in [1.165, 1.54) is 0 Å². The Hall–Kier alpha value is -3.29. The lowest BCUT2D eigenvalue weighted by atomic mass is 9.88. The van der Waals surface area contributed by atoms with Gasteiger partial charge >= 0.3 is 0 Å². The van der Waals surface area contributed by atoms with Crippen molar-refractivity contribution in [3.8, 4) is 5.75 Å². The Morgan fingerprint density at radius 3 is 2.31 bits per heavy atom. The molecule has 1 aromatic heterocycles. The molecule has 2 aromatic carbocycles. The minimum absolute atomic E-state index is 0.0484. The third-order valence-electron chi connectivity index (χ3n) is 7.44. The first-order valence-electron chi connectivity index (χ1n) is 12.1. The SMILES string of the molecule is CC1(C(=O)N2CCOCC2)C=Cc2nc3c4c(c5ccccc5c3nc2C=C1)OC(C)(C)C(O)C4. The Balaban J connectivity index is 1.51. The Kier molecular flexibility index (Phi) is 4.99. The van der Waals surface area contributed by atoms with Gasteiger partial charge in [0.1, 0.15) is 11.4 Å². The molecule has 2 atom stereocenters. The topological polar surface area (TPSA) is 84.8 Å². The summed E-state index contributed by atoms with van der Waals surface area (Å²) in [6.07, 6.45) is 7.40. The van der Waals surface area contributed by atoms with Gasteiger partial charge in [-0.2, -0.15) is 0 Å². The Morgan fingerprint density at radius 2 is 1.63 bits per heavy atom. The van der Waals surface area contributed by atoms with Crippen LogP contribution in [0.3, 0.4) is 0 Å². The molecule has 6 rings (SSSR count). The lowest BCUT2D eigenvalue weighted by Crippen LogP contribution is -2.46. The van der Waals surface area contributed by atoms with Gasteiger partial charge in [-0.15, -0.1) is 0 Å². The maximum atomic E-state index is 13.4. The summed E-state index contributed by atoms with van der Waals surface area (Å²) in [6.45, 7) is 8.05. The van der Waals surface area contributed by atoms with Crippen LogP contribution in [0.2, 0.25) is 0 Å². The van der Waals surface area contributed by atoms with E-state index in [0.29, 0.717) is 38.4 Å². The monoisotopic (exact) mass is 471 g/mol. The van der Waals surface area contributed by atoms with Crippen LogP contribution in [0.25, 0.3) is 34.0 Å². The predicted molar refractivity (Wildman–Crippen MR) is 135 cm³/mol. The van der Waals surface area contributed by atoms with E-state index in [-0.39, 0.29) is 5.91 Å². The van der Waals surface area contributed by atoms with Gasteiger partial charge in [-0.05, 0) is 32.9 Å². The molecular weight excluding hydrogens is 442 g/mol. The average Bonchev–Trinajstić information content (AvgIpc) is 3.04. The van der Waals surface area contributed by atoms with Crippen LogP contribution >= 0.6 is 0 Å². The molecule has 1 amide bonds. The molecule has 7 nitrogen and oxygen atoms in total. The second kappa shape index (κ2) is 7.86. The molecule has 0 bridgehead atoms. The number of hydrogen-bond donors (Lipinski definition) is 1. The summed E-state index contributed by atoms with van der Waals surface area (Å²) in [5, 5.41) is 12.7. The van der Waals surface area contributed by atoms with Gasteiger partial charge in [0.25, 0.3) is 0 Å². The number of benzene rings is 2. The van der Waals surface area contributed by atoms with Gasteiger partial charge in [0.05, 0.1) is 47.2 Å². The average molecular weight is 472 g/mol. The van der Waals surface area contributed by atoms with E-state index >= 15 is 0 Å². The fraction of sp³-hybridized carbons (Fsp3) is 0.393. The van der Waals surface area contributed by atoms with E-state index in [0.717, 1.165) is 38.8 Å². The number of aliphatic hydroxyl groups is 1. The van der Waals surface area contributed by atoms with Crippen molar-refractivity contribution in [1.82, 2.24) is 14.9 Å². The number of morpholine rings is 1. The molecule has 1 fully saturated rings. The third-order valence-corrected chi connectivity index (χ3v) is 7.44.